The molecular formula is C42H29N. The molecule has 1 heterocycles. The van der Waals surface area contributed by atoms with Crippen LogP contribution < -0.4 is 0 Å². The first kappa shape index (κ1) is 24.3. The lowest BCUT2D eigenvalue weighted by atomic mass is 9.80. The van der Waals surface area contributed by atoms with Crippen molar-refractivity contribution in [1.29, 1.82) is 0 Å². The summed E-state index contributed by atoms with van der Waals surface area (Å²) in [7, 11) is 0. The highest BCUT2D eigenvalue weighted by atomic mass is 14.6. The molecular weight excluding hydrogens is 518 g/mol. The second kappa shape index (κ2) is 8.86. The van der Waals surface area contributed by atoms with E-state index in [1.54, 1.807) is 0 Å². The van der Waals surface area contributed by atoms with Crippen LogP contribution in [0.1, 0.15) is 25.0 Å². The monoisotopic (exact) mass is 547 g/mol. The Hall–Kier alpha value is -5.27. The molecule has 8 aromatic rings. The topological polar surface area (TPSA) is 12.9 Å². The molecule has 0 atom stereocenters. The molecule has 0 N–H and O–H groups in total. The molecule has 1 nitrogen and oxygen atoms in total. The number of hydrogen-bond donors (Lipinski definition) is 0. The number of fused-ring (bicyclic) bond motifs is 3. The van der Waals surface area contributed by atoms with Gasteiger partial charge in [0.15, 0.2) is 0 Å². The molecule has 0 saturated heterocycles. The predicted molar refractivity (Wildman–Crippen MR) is 182 cm³/mol. The van der Waals surface area contributed by atoms with Gasteiger partial charge in [0.05, 0.1) is 0 Å². The van der Waals surface area contributed by atoms with Gasteiger partial charge in [-0.15, -0.1) is 0 Å². The molecule has 0 fully saturated rings. The fourth-order valence-electron chi connectivity index (χ4n) is 7.56. The summed E-state index contributed by atoms with van der Waals surface area (Å²) >= 11 is 0. The number of aromatic nitrogens is 1. The van der Waals surface area contributed by atoms with Crippen molar-refractivity contribution in [2.45, 2.75) is 19.3 Å². The molecule has 0 amide bonds. The van der Waals surface area contributed by atoms with E-state index in [-0.39, 0.29) is 5.41 Å². The van der Waals surface area contributed by atoms with Crippen LogP contribution in [-0.4, -0.2) is 4.98 Å². The largest absolute Gasteiger partial charge is 0.264 e. The Bertz CT molecular complexity index is 2330. The number of hydrogen-bond acceptors (Lipinski definition) is 1. The van der Waals surface area contributed by atoms with Gasteiger partial charge in [-0.25, -0.2) is 0 Å². The highest BCUT2D eigenvalue weighted by Gasteiger charge is 2.35. The Morgan fingerprint density at radius 2 is 1.12 bits per heavy atom. The third kappa shape index (κ3) is 3.49. The maximum Gasteiger partial charge on any atom is 0.0346 e. The molecule has 1 heteroatoms. The van der Waals surface area contributed by atoms with Gasteiger partial charge >= 0.3 is 0 Å². The lowest BCUT2D eigenvalue weighted by Gasteiger charge is -2.23. The molecule has 0 aliphatic heterocycles. The zero-order valence-corrected chi connectivity index (χ0v) is 24.2. The third-order valence-electron chi connectivity index (χ3n) is 9.73. The summed E-state index contributed by atoms with van der Waals surface area (Å²) in [5.74, 6) is 0. The number of pyridine rings is 1. The van der Waals surface area contributed by atoms with Gasteiger partial charge in [-0.3, -0.25) is 4.98 Å². The van der Waals surface area contributed by atoms with Crippen molar-refractivity contribution < 1.29 is 0 Å². The smallest absolute Gasteiger partial charge is 0.0346 e. The van der Waals surface area contributed by atoms with Gasteiger partial charge in [-0.05, 0) is 106 Å². The minimum absolute atomic E-state index is 0.0450. The van der Waals surface area contributed by atoms with Gasteiger partial charge in [-0.1, -0.05) is 123 Å². The van der Waals surface area contributed by atoms with Gasteiger partial charge in [-0.2, -0.15) is 0 Å². The minimum Gasteiger partial charge on any atom is -0.264 e. The van der Waals surface area contributed by atoms with Gasteiger partial charge in [0.2, 0.25) is 0 Å². The van der Waals surface area contributed by atoms with E-state index in [1.165, 1.54) is 82.4 Å². The Morgan fingerprint density at radius 3 is 1.86 bits per heavy atom. The molecule has 7 aromatic carbocycles. The van der Waals surface area contributed by atoms with Gasteiger partial charge in [0, 0.05) is 17.8 Å². The fourth-order valence-corrected chi connectivity index (χ4v) is 7.56. The van der Waals surface area contributed by atoms with E-state index in [9.17, 15) is 0 Å². The van der Waals surface area contributed by atoms with Crippen molar-refractivity contribution in [3.8, 4) is 44.5 Å². The first-order chi connectivity index (χ1) is 21.1. The summed E-state index contributed by atoms with van der Waals surface area (Å²) in [6.07, 6.45) is 3.75. The average molecular weight is 548 g/mol. The molecule has 0 unspecified atom stereocenters. The number of rotatable bonds is 3. The number of benzene rings is 7. The van der Waals surface area contributed by atoms with Gasteiger partial charge in [0.1, 0.15) is 0 Å². The van der Waals surface area contributed by atoms with Crippen molar-refractivity contribution in [2.75, 3.05) is 0 Å². The zero-order chi connectivity index (χ0) is 28.7. The van der Waals surface area contributed by atoms with Crippen molar-refractivity contribution in [1.82, 2.24) is 4.98 Å². The first-order valence-electron chi connectivity index (χ1n) is 15.0. The molecule has 0 radical (unpaired) electrons. The molecule has 1 aromatic heterocycles. The van der Waals surface area contributed by atoms with E-state index in [4.69, 9.17) is 0 Å². The molecule has 0 spiro atoms. The summed E-state index contributed by atoms with van der Waals surface area (Å²) in [6, 6.07) is 47.4. The van der Waals surface area contributed by atoms with E-state index >= 15 is 0 Å². The van der Waals surface area contributed by atoms with E-state index < -0.39 is 0 Å². The van der Waals surface area contributed by atoms with Crippen LogP contribution >= 0.6 is 0 Å². The summed E-state index contributed by atoms with van der Waals surface area (Å²) in [4.78, 5) is 4.32. The van der Waals surface area contributed by atoms with Gasteiger partial charge < -0.3 is 0 Å². The fraction of sp³-hybridized carbons (Fsp3) is 0.0714. The van der Waals surface area contributed by atoms with Crippen LogP contribution in [0.25, 0.3) is 76.8 Å². The third-order valence-corrected chi connectivity index (χ3v) is 9.73. The maximum atomic E-state index is 4.32. The highest BCUT2D eigenvalue weighted by molar-refractivity contribution is 6.28. The first-order valence-corrected chi connectivity index (χ1v) is 15.0. The van der Waals surface area contributed by atoms with Crippen LogP contribution in [-0.2, 0) is 5.41 Å². The molecule has 0 bridgehead atoms. The van der Waals surface area contributed by atoms with Crippen molar-refractivity contribution in [2.24, 2.45) is 0 Å². The molecule has 202 valence electrons. The van der Waals surface area contributed by atoms with Crippen LogP contribution in [0.5, 0.6) is 0 Å². The minimum atomic E-state index is -0.0450. The Balaban J connectivity index is 1.31. The van der Waals surface area contributed by atoms with Crippen LogP contribution in [0.15, 0.2) is 140 Å². The van der Waals surface area contributed by atoms with Crippen molar-refractivity contribution in [3.63, 3.8) is 0 Å². The van der Waals surface area contributed by atoms with E-state index in [0.717, 1.165) is 5.56 Å². The summed E-state index contributed by atoms with van der Waals surface area (Å²) in [6.45, 7) is 4.72. The summed E-state index contributed by atoms with van der Waals surface area (Å²) < 4.78 is 0. The molecule has 9 rings (SSSR count). The van der Waals surface area contributed by atoms with Crippen molar-refractivity contribution >= 4 is 32.3 Å². The molecule has 43 heavy (non-hydrogen) atoms. The van der Waals surface area contributed by atoms with E-state index in [1.807, 2.05) is 18.5 Å². The summed E-state index contributed by atoms with van der Waals surface area (Å²) in [5, 5.41) is 7.88. The Morgan fingerprint density at radius 1 is 0.442 bits per heavy atom. The summed E-state index contributed by atoms with van der Waals surface area (Å²) in [5.41, 5.74) is 12.8. The van der Waals surface area contributed by atoms with Gasteiger partial charge in [0.25, 0.3) is 0 Å². The van der Waals surface area contributed by atoms with Crippen LogP contribution in [0.3, 0.4) is 0 Å². The second-order valence-corrected chi connectivity index (χ2v) is 12.4. The molecule has 1 aliphatic rings. The van der Waals surface area contributed by atoms with E-state index in [2.05, 4.69) is 140 Å². The van der Waals surface area contributed by atoms with E-state index in [0.29, 0.717) is 0 Å². The molecule has 1 aliphatic carbocycles. The quantitative estimate of drug-likeness (QED) is 0.200. The van der Waals surface area contributed by atoms with Crippen LogP contribution in [0, 0.1) is 0 Å². The standard InChI is InChI=1S/C42H29N/c1-42(2)38-11-4-3-10-32(38)33-19-18-30(23-39(33)42)37-24-36(27-14-12-26(13-15-27)31-9-6-22-43-25-31)34-20-16-28-7-5-8-29-17-21-35(37)41(34)40(28)29/h3-25H,1-2H3. The SMILES string of the molecule is CC1(C)c2ccccc2-c2ccc(-c3cc(-c4ccc(-c5cccnc5)cc4)c4ccc5cccc6ccc3c4c56)cc21. The van der Waals surface area contributed by atoms with Crippen LogP contribution in [0.2, 0.25) is 0 Å². The average Bonchev–Trinajstić information content (AvgIpc) is 3.29. The zero-order valence-electron chi connectivity index (χ0n) is 24.2. The lowest BCUT2D eigenvalue weighted by Crippen LogP contribution is -2.14. The Kier molecular flexibility index (Phi) is 5.02. The normalized spacial score (nSPS) is 13.5. The Labute approximate surface area is 251 Å². The second-order valence-electron chi connectivity index (χ2n) is 12.4. The predicted octanol–water partition coefficient (Wildman–Crippen LogP) is 11.3. The van der Waals surface area contributed by atoms with Crippen LogP contribution in [0.4, 0.5) is 0 Å². The lowest BCUT2D eigenvalue weighted by molar-refractivity contribution is 0.660. The van der Waals surface area contributed by atoms with Crippen molar-refractivity contribution in [3.05, 3.63) is 151 Å². The highest BCUT2D eigenvalue weighted by Crippen LogP contribution is 2.51. The number of nitrogens with zero attached hydrogens (tertiary/aromatic N) is 1. The maximum absolute atomic E-state index is 4.32. The molecule has 0 saturated carbocycles.